The molecule has 1 fully saturated rings. The number of benzene rings is 1. The number of hydrogen-bond donors (Lipinski definition) is 2. The van der Waals surface area contributed by atoms with Crippen molar-refractivity contribution < 1.29 is 4.79 Å². The van der Waals surface area contributed by atoms with Crippen molar-refractivity contribution >= 4 is 28.6 Å². The fourth-order valence-electron chi connectivity index (χ4n) is 2.20. The van der Waals surface area contributed by atoms with Crippen LogP contribution in [0, 0.1) is 5.92 Å². The molecule has 1 aliphatic heterocycles. The van der Waals surface area contributed by atoms with Crippen LogP contribution in [0.5, 0.6) is 0 Å². The van der Waals surface area contributed by atoms with Gasteiger partial charge in [0.25, 0.3) is 5.91 Å². The van der Waals surface area contributed by atoms with Crippen LogP contribution >= 0.6 is 11.8 Å². The van der Waals surface area contributed by atoms with Gasteiger partial charge in [0, 0.05) is 11.9 Å². The number of aromatic nitrogens is 2. The summed E-state index contributed by atoms with van der Waals surface area (Å²) in [7, 11) is 0. The molecule has 1 amide bonds. The molecule has 2 heterocycles. The van der Waals surface area contributed by atoms with Gasteiger partial charge in [0.05, 0.1) is 5.52 Å². The molecule has 18 heavy (non-hydrogen) atoms. The molecule has 2 aromatic rings. The summed E-state index contributed by atoms with van der Waals surface area (Å²) in [4.78, 5) is 12.1. The van der Waals surface area contributed by atoms with Crippen LogP contribution in [0.1, 0.15) is 16.9 Å². The summed E-state index contributed by atoms with van der Waals surface area (Å²) in [6.07, 6.45) is 1.20. The van der Waals surface area contributed by atoms with E-state index in [0.29, 0.717) is 11.6 Å². The summed E-state index contributed by atoms with van der Waals surface area (Å²) >= 11 is 1.96. The third kappa shape index (κ3) is 2.22. The lowest BCUT2D eigenvalue weighted by molar-refractivity contribution is 0.0945. The van der Waals surface area contributed by atoms with E-state index in [0.717, 1.165) is 23.2 Å². The lowest BCUT2D eigenvalue weighted by atomic mass is 10.1. The molecule has 0 bridgehead atoms. The van der Waals surface area contributed by atoms with Crippen molar-refractivity contribution in [1.29, 1.82) is 0 Å². The maximum absolute atomic E-state index is 12.1. The van der Waals surface area contributed by atoms with Crippen LogP contribution in [0.25, 0.3) is 10.9 Å². The first-order valence-electron chi connectivity index (χ1n) is 6.13. The SMILES string of the molecule is O=C(NCC1CCSC1)c1n[nH]c2ccccc12. The predicted octanol–water partition coefficient (Wildman–Crippen LogP) is 2.05. The van der Waals surface area contributed by atoms with Gasteiger partial charge in [-0.15, -0.1) is 0 Å². The van der Waals surface area contributed by atoms with Crippen LogP contribution in [0.4, 0.5) is 0 Å². The lowest BCUT2D eigenvalue weighted by Crippen LogP contribution is -2.29. The Morgan fingerprint density at radius 3 is 3.22 bits per heavy atom. The topological polar surface area (TPSA) is 57.8 Å². The number of rotatable bonds is 3. The molecule has 1 aromatic carbocycles. The summed E-state index contributed by atoms with van der Waals surface area (Å²) in [6.45, 7) is 0.757. The highest BCUT2D eigenvalue weighted by molar-refractivity contribution is 7.99. The van der Waals surface area contributed by atoms with Crippen molar-refractivity contribution in [1.82, 2.24) is 15.5 Å². The highest BCUT2D eigenvalue weighted by Gasteiger charge is 2.18. The summed E-state index contributed by atoms with van der Waals surface area (Å²) in [5, 5.41) is 10.8. The molecule has 94 valence electrons. The molecule has 1 aromatic heterocycles. The Morgan fingerprint density at radius 1 is 1.50 bits per heavy atom. The van der Waals surface area contributed by atoms with Gasteiger partial charge in [-0.25, -0.2) is 0 Å². The fraction of sp³-hybridized carbons (Fsp3) is 0.385. The van der Waals surface area contributed by atoms with E-state index >= 15 is 0 Å². The minimum Gasteiger partial charge on any atom is -0.350 e. The molecule has 3 rings (SSSR count). The van der Waals surface area contributed by atoms with Gasteiger partial charge < -0.3 is 5.32 Å². The molecule has 0 radical (unpaired) electrons. The van der Waals surface area contributed by atoms with E-state index in [4.69, 9.17) is 0 Å². The second-order valence-corrected chi connectivity index (χ2v) is 5.71. The number of aromatic amines is 1. The quantitative estimate of drug-likeness (QED) is 0.889. The van der Waals surface area contributed by atoms with E-state index in [1.54, 1.807) is 0 Å². The number of carbonyl (C=O) groups excluding carboxylic acids is 1. The number of H-pyrrole nitrogens is 1. The zero-order valence-corrected chi connectivity index (χ0v) is 10.8. The Kier molecular flexibility index (Phi) is 3.23. The zero-order chi connectivity index (χ0) is 12.4. The van der Waals surface area contributed by atoms with Crippen LogP contribution < -0.4 is 5.32 Å². The Hall–Kier alpha value is -1.49. The van der Waals surface area contributed by atoms with E-state index in [1.807, 2.05) is 36.0 Å². The van der Waals surface area contributed by atoms with Gasteiger partial charge in [-0.2, -0.15) is 16.9 Å². The number of amides is 1. The fourth-order valence-corrected chi connectivity index (χ4v) is 3.49. The van der Waals surface area contributed by atoms with Crippen LogP contribution in [0.3, 0.4) is 0 Å². The van der Waals surface area contributed by atoms with Gasteiger partial charge in [-0.3, -0.25) is 9.89 Å². The number of para-hydroxylation sites is 1. The molecule has 2 N–H and O–H groups in total. The number of fused-ring (bicyclic) bond motifs is 1. The first-order valence-corrected chi connectivity index (χ1v) is 7.29. The van der Waals surface area contributed by atoms with Crippen molar-refractivity contribution in [3.63, 3.8) is 0 Å². The van der Waals surface area contributed by atoms with Crippen molar-refractivity contribution in [2.75, 3.05) is 18.1 Å². The second kappa shape index (κ2) is 5.02. The maximum Gasteiger partial charge on any atom is 0.272 e. The number of hydrogen-bond acceptors (Lipinski definition) is 3. The molecule has 1 aliphatic rings. The third-order valence-corrected chi connectivity index (χ3v) is 4.49. The van der Waals surface area contributed by atoms with E-state index in [1.165, 1.54) is 12.2 Å². The van der Waals surface area contributed by atoms with Gasteiger partial charge >= 0.3 is 0 Å². The number of nitrogens with zero attached hydrogens (tertiary/aromatic N) is 1. The van der Waals surface area contributed by atoms with E-state index in [9.17, 15) is 4.79 Å². The van der Waals surface area contributed by atoms with Gasteiger partial charge in [0.1, 0.15) is 0 Å². The van der Waals surface area contributed by atoms with E-state index < -0.39 is 0 Å². The summed E-state index contributed by atoms with van der Waals surface area (Å²) in [5.41, 5.74) is 1.40. The smallest absolute Gasteiger partial charge is 0.272 e. The maximum atomic E-state index is 12.1. The lowest BCUT2D eigenvalue weighted by Gasteiger charge is -2.08. The predicted molar refractivity (Wildman–Crippen MR) is 73.9 cm³/mol. The Labute approximate surface area is 110 Å². The number of nitrogens with one attached hydrogen (secondary N) is 2. The Balaban J connectivity index is 1.71. The molecule has 1 unspecified atom stereocenters. The molecular weight excluding hydrogens is 246 g/mol. The number of carbonyl (C=O) groups is 1. The second-order valence-electron chi connectivity index (χ2n) is 4.56. The van der Waals surface area contributed by atoms with Gasteiger partial charge in [-0.1, -0.05) is 18.2 Å². The van der Waals surface area contributed by atoms with Crippen LogP contribution in [-0.4, -0.2) is 34.2 Å². The molecule has 1 saturated heterocycles. The molecule has 0 aliphatic carbocycles. The molecule has 0 saturated carbocycles. The summed E-state index contributed by atoms with van der Waals surface area (Å²) in [5.74, 6) is 2.90. The third-order valence-electron chi connectivity index (χ3n) is 3.26. The molecule has 0 spiro atoms. The molecular formula is C13H15N3OS. The van der Waals surface area contributed by atoms with Gasteiger partial charge in [-0.05, 0) is 29.9 Å². The molecule has 5 heteroatoms. The number of thioether (sulfide) groups is 1. The van der Waals surface area contributed by atoms with E-state index in [-0.39, 0.29) is 5.91 Å². The van der Waals surface area contributed by atoms with Crippen molar-refractivity contribution in [2.45, 2.75) is 6.42 Å². The highest BCUT2D eigenvalue weighted by Crippen LogP contribution is 2.22. The minimum atomic E-state index is -0.0793. The standard InChI is InChI=1S/C13H15N3OS/c17-13(14-7-9-5-6-18-8-9)12-10-3-1-2-4-11(10)15-16-12/h1-4,9H,5-8H2,(H,14,17)(H,15,16). The van der Waals surface area contributed by atoms with Gasteiger partial charge in [0.2, 0.25) is 0 Å². The first-order chi connectivity index (χ1) is 8.84. The average molecular weight is 261 g/mol. The van der Waals surface area contributed by atoms with Crippen LogP contribution in [0.2, 0.25) is 0 Å². The monoisotopic (exact) mass is 261 g/mol. The molecule has 1 atom stereocenters. The highest BCUT2D eigenvalue weighted by atomic mass is 32.2. The largest absolute Gasteiger partial charge is 0.350 e. The minimum absolute atomic E-state index is 0.0793. The van der Waals surface area contributed by atoms with E-state index in [2.05, 4.69) is 15.5 Å². The first kappa shape index (κ1) is 11.6. The summed E-state index contributed by atoms with van der Waals surface area (Å²) < 4.78 is 0. The normalized spacial score (nSPS) is 19.2. The Morgan fingerprint density at radius 2 is 2.39 bits per heavy atom. The van der Waals surface area contributed by atoms with Crippen molar-refractivity contribution in [2.24, 2.45) is 5.92 Å². The average Bonchev–Trinajstić information content (AvgIpc) is 3.05. The summed E-state index contributed by atoms with van der Waals surface area (Å²) in [6, 6.07) is 7.69. The van der Waals surface area contributed by atoms with Crippen LogP contribution in [0.15, 0.2) is 24.3 Å². The zero-order valence-electron chi connectivity index (χ0n) is 9.98. The van der Waals surface area contributed by atoms with Gasteiger partial charge in [0.15, 0.2) is 5.69 Å². The van der Waals surface area contributed by atoms with Crippen molar-refractivity contribution in [3.8, 4) is 0 Å². The van der Waals surface area contributed by atoms with Crippen molar-refractivity contribution in [3.05, 3.63) is 30.0 Å². The Bertz CT molecular complexity index is 560. The van der Waals surface area contributed by atoms with Crippen LogP contribution in [-0.2, 0) is 0 Å². The molecule has 4 nitrogen and oxygen atoms in total.